The van der Waals surface area contributed by atoms with Gasteiger partial charge in [0.05, 0.1) is 0 Å². The van der Waals surface area contributed by atoms with Crippen LogP contribution in [0.25, 0.3) is 0 Å². The van der Waals surface area contributed by atoms with Gasteiger partial charge in [-0.3, -0.25) is 9.80 Å². The lowest BCUT2D eigenvalue weighted by molar-refractivity contribution is 0.122. The minimum Gasteiger partial charge on any atom is -0.411 e. The Balaban J connectivity index is 1.57. The van der Waals surface area contributed by atoms with Crippen LogP contribution in [0.5, 0.6) is 0 Å². The Labute approximate surface area is 185 Å². The van der Waals surface area contributed by atoms with Crippen molar-refractivity contribution in [3.63, 3.8) is 0 Å². The molecule has 1 saturated heterocycles. The summed E-state index contributed by atoms with van der Waals surface area (Å²) in [4.78, 5) is 12.8. The number of nitrogens with zero attached hydrogens (tertiary/aromatic N) is 2. The lowest BCUT2D eigenvalue weighted by Crippen LogP contribution is -2.45. The first-order valence-electron chi connectivity index (χ1n) is 11.3. The third-order valence-electron chi connectivity index (χ3n) is 5.31. The van der Waals surface area contributed by atoms with E-state index in [2.05, 4.69) is 108 Å². The zero-order chi connectivity index (χ0) is 21.8. The highest BCUT2D eigenvalue weighted by atomic mass is 28.3. The molecule has 0 aliphatic carbocycles. The molecule has 0 unspecified atom stereocenters. The van der Waals surface area contributed by atoms with Crippen molar-refractivity contribution >= 4 is 27.8 Å². The van der Waals surface area contributed by atoms with E-state index < -0.39 is 16.5 Å². The van der Waals surface area contributed by atoms with E-state index in [0.29, 0.717) is 0 Å². The Kier molecular flexibility index (Phi) is 7.44. The van der Waals surface area contributed by atoms with E-state index in [9.17, 15) is 0 Å². The van der Waals surface area contributed by atoms with Crippen molar-refractivity contribution in [1.82, 2.24) is 9.80 Å². The molecule has 2 aromatic carbocycles. The van der Waals surface area contributed by atoms with Crippen LogP contribution < -0.4 is 9.96 Å². The van der Waals surface area contributed by atoms with Gasteiger partial charge >= 0.3 is 0 Å². The Morgan fingerprint density at radius 2 is 0.933 bits per heavy atom. The van der Waals surface area contributed by atoms with Gasteiger partial charge < -0.3 is 9.96 Å². The van der Waals surface area contributed by atoms with Gasteiger partial charge in [-0.2, -0.15) is 0 Å². The van der Waals surface area contributed by atoms with Gasteiger partial charge in [0.15, 0.2) is 0 Å². The van der Waals surface area contributed by atoms with Gasteiger partial charge in [-0.05, 0) is 23.3 Å². The topological polar surface area (TPSA) is 30.5 Å². The third kappa shape index (κ3) is 7.27. The van der Waals surface area contributed by atoms with Gasteiger partial charge in [0.25, 0.3) is 0 Å². The number of hydrogen-bond acceptors (Lipinski definition) is 4. The van der Waals surface area contributed by atoms with Crippen LogP contribution in [0.3, 0.4) is 0 Å². The SMILES string of the molecule is C[Si](C)(C)Nc1ccccc1CN1CCN(Cc2ccccc2N[Si](C)(C)C)CC1. The number of rotatable bonds is 8. The molecule has 1 aliphatic heterocycles. The molecule has 1 fully saturated rings. The lowest BCUT2D eigenvalue weighted by Gasteiger charge is -2.36. The summed E-state index contributed by atoms with van der Waals surface area (Å²) in [6.07, 6.45) is 0. The molecule has 2 aromatic rings. The molecule has 2 N–H and O–H groups in total. The van der Waals surface area contributed by atoms with Crippen molar-refractivity contribution in [3.8, 4) is 0 Å². The number of para-hydroxylation sites is 2. The molecule has 3 rings (SSSR count). The molecule has 30 heavy (non-hydrogen) atoms. The van der Waals surface area contributed by atoms with E-state index in [1.54, 1.807) is 0 Å². The standard InChI is InChI=1S/C24H40N4Si2/c1-29(2,3)25-23-13-9-7-11-21(23)19-27-15-17-28(18-16-27)20-22-12-8-10-14-24(22)26-30(4,5)6/h7-14,25-26H,15-20H2,1-6H3. The molecule has 1 aliphatic rings. The lowest BCUT2D eigenvalue weighted by atomic mass is 10.1. The number of anilines is 2. The summed E-state index contributed by atoms with van der Waals surface area (Å²) in [5.74, 6) is 0. The number of nitrogens with one attached hydrogen (secondary N) is 2. The van der Waals surface area contributed by atoms with E-state index in [-0.39, 0.29) is 0 Å². The first kappa shape index (κ1) is 23.1. The van der Waals surface area contributed by atoms with Crippen molar-refractivity contribution in [3.05, 3.63) is 59.7 Å². The van der Waals surface area contributed by atoms with Crippen molar-refractivity contribution in [2.75, 3.05) is 36.1 Å². The van der Waals surface area contributed by atoms with E-state index >= 15 is 0 Å². The van der Waals surface area contributed by atoms with Gasteiger partial charge in [0.2, 0.25) is 0 Å². The number of hydrogen-bond donors (Lipinski definition) is 2. The summed E-state index contributed by atoms with van der Waals surface area (Å²) < 4.78 is 0. The van der Waals surface area contributed by atoms with Gasteiger partial charge in [-0.15, -0.1) is 0 Å². The van der Waals surface area contributed by atoms with Crippen molar-refractivity contribution in [1.29, 1.82) is 0 Å². The predicted molar refractivity (Wildman–Crippen MR) is 137 cm³/mol. The van der Waals surface area contributed by atoms with Gasteiger partial charge in [0.1, 0.15) is 16.5 Å². The zero-order valence-corrected chi connectivity index (χ0v) is 21.8. The van der Waals surface area contributed by atoms with Crippen molar-refractivity contribution in [2.24, 2.45) is 0 Å². The van der Waals surface area contributed by atoms with Crippen LogP contribution in [0, 0.1) is 0 Å². The summed E-state index contributed by atoms with van der Waals surface area (Å²) in [5.41, 5.74) is 5.51. The second-order valence-electron chi connectivity index (χ2n) is 10.6. The molecule has 1 heterocycles. The molecule has 0 radical (unpaired) electrons. The molecule has 0 bridgehead atoms. The second kappa shape index (κ2) is 9.68. The molecule has 6 heteroatoms. The van der Waals surface area contributed by atoms with Crippen LogP contribution in [0.2, 0.25) is 39.3 Å². The minimum absolute atomic E-state index is 1.04. The van der Waals surface area contributed by atoms with Crippen LogP contribution in [0.1, 0.15) is 11.1 Å². The second-order valence-corrected chi connectivity index (χ2v) is 20.1. The third-order valence-corrected chi connectivity index (χ3v) is 7.35. The van der Waals surface area contributed by atoms with E-state index in [1.807, 2.05) is 0 Å². The van der Waals surface area contributed by atoms with E-state index in [0.717, 1.165) is 39.3 Å². The van der Waals surface area contributed by atoms with Crippen molar-refractivity contribution < 1.29 is 0 Å². The molecule has 4 nitrogen and oxygen atoms in total. The maximum atomic E-state index is 3.80. The highest BCUT2D eigenvalue weighted by Crippen LogP contribution is 2.23. The van der Waals surface area contributed by atoms with Gasteiger partial charge in [-0.25, -0.2) is 0 Å². The summed E-state index contributed by atoms with van der Waals surface area (Å²) in [5, 5.41) is 0. The first-order valence-corrected chi connectivity index (χ1v) is 18.3. The first-order chi connectivity index (χ1) is 14.1. The molecule has 0 atom stereocenters. The zero-order valence-electron chi connectivity index (χ0n) is 19.8. The summed E-state index contributed by atoms with van der Waals surface area (Å²) in [6, 6.07) is 17.7. The smallest absolute Gasteiger partial charge is 0.144 e. The molecule has 0 saturated carbocycles. The van der Waals surface area contributed by atoms with Crippen LogP contribution >= 0.6 is 0 Å². The van der Waals surface area contributed by atoms with Crippen LogP contribution in [0.4, 0.5) is 11.4 Å². The summed E-state index contributed by atoms with van der Waals surface area (Å²) >= 11 is 0. The van der Waals surface area contributed by atoms with E-state index in [1.165, 1.54) is 22.5 Å². The van der Waals surface area contributed by atoms with Crippen LogP contribution in [-0.2, 0) is 13.1 Å². The molecular formula is C24H40N4Si2. The minimum atomic E-state index is -1.35. The highest BCUT2D eigenvalue weighted by Gasteiger charge is 2.21. The number of benzene rings is 2. The normalized spacial score (nSPS) is 16.5. The highest BCUT2D eigenvalue weighted by molar-refractivity contribution is 6.79. The fraction of sp³-hybridized carbons (Fsp3) is 0.500. The Hall–Kier alpha value is -1.61. The predicted octanol–water partition coefficient (Wildman–Crippen LogP) is 5.50. The maximum Gasteiger partial charge on any atom is 0.144 e. The van der Waals surface area contributed by atoms with Gasteiger partial charge in [0, 0.05) is 50.6 Å². The quantitative estimate of drug-likeness (QED) is 0.531. The van der Waals surface area contributed by atoms with Crippen LogP contribution in [-0.4, -0.2) is 52.4 Å². The number of piperazine rings is 1. The Bertz CT molecular complexity index is 749. The van der Waals surface area contributed by atoms with Gasteiger partial charge in [-0.1, -0.05) is 75.7 Å². The summed E-state index contributed by atoms with van der Waals surface area (Å²) in [7, 11) is -2.70. The monoisotopic (exact) mass is 440 g/mol. The molecule has 164 valence electrons. The summed E-state index contributed by atoms with van der Waals surface area (Å²) in [6.45, 7) is 20.7. The average molecular weight is 441 g/mol. The molecule has 0 aromatic heterocycles. The Morgan fingerprint density at radius 3 is 1.27 bits per heavy atom. The molecule has 0 spiro atoms. The van der Waals surface area contributed by atoms with Crippen LogP contribution in [0.15, 0.2) is 48.5 Å². The average Bonchev–Trinajstić information content (AvgIpc) is 2.64. The fourth-order valence-electron chi connectivity index (χ4n) is 3.96. The Morgan fingerprint density at radius 1 is 0.600 bits per heavy atom. The molecular weight excluding hydrogens is 400 g/mol. The molecule has 0 amide bonds. The van der Waals surface area contributed by atoms with Crippen molar-refractivity contribution in [2.45, 2.75) is 52.4 Å². The largest absolute Gasteiger partial charge is 0.411 e. The van der Waals surface area contributed by atoms with E-state index in [4.69, 9.17) is 0 Å². The fourth-order valence-corrected chi connectivity index (χ4v) is 6.06. The maximum absolute atomic E-state index is 3.80.